The second kappa shape index (κ2) is 24.7. The summed E-state index contributed by atoms with van der Waals surface area (Å²) in [5, 5.41) is 59.1. The van der Waals surface area contributed by atoms with Crippen LogP contribution in [0.5, 0.6) is 23.0 Å². The van der Waals surface area contributed by atoms with E-state index in [4.69, 9.17) is 32.7 Å². The van der Waals surface area contributed by atoms with E-state index in [1.54, 1.807) is 111 Å². The summed E-state index contributed by atoms with van der Waals surface area (Å²) in [6.07, 6.45) is 0.337. The van der Waals surface area contributed by atoms with Gasteiger partial charge in [0.2, 0.25) is 0 Å². The van der Waals surface area contributed by atoms with Crippen LogP contribution in [0.15, 0.2) is 169 Å². The summed E-state index contributed by atoms with van der Waals surface area (Å²) in [5.74, 6) is -1.75. The Morgan fingerprint density at radius 3 is 1.57 bits per heavy atom. The molecule has 4 N–H and O–H groups in total. The van der Waals surface area contributed by atoms with Crippen LogP contribution in [0.4, 0.5) is 34.1 Å². The number of aliphatic imine (C=N–C) groups is 1. The number of nitrogens with one attached hydrogen (secondary N) is 1. The number of halogens is 2. The number of aromatic hydroxyl groups is 1. The van der Waals surface area contributed by atoms with Crippen molar-refractivity contribution in [2.75, 3.05) is 19.5 Å². The Labute approximate surface area is 470 Å². The zero-order chi connectivity index (χ0) is 53.5. The van der Waals surface area contributed by atoms with Crippen LogP contribution >= 0.6 is 23.2 Å². The molecule has 18 nitrogen and oxygen atoms in total. The number of carbonyl (C=O) groups is 1. The first kappa shape index (κ1) is 57.6. The molecule has 8 rings (SSSR count). The minimum Gasteiger partial charge on any atom is -0.871 e. The number of amides is 1. The van der Waals surface area contributed by atoms with E-state index in [9.17, 15) is 46.1 Å². The minimum atomic E-state index is -4.55. The number of phenolic OH excluding ortho intramolecular Hbond substituents is 1. The van der Waals surface area contributed by atoms with Crippen LogP contribution in [0.3, 0.4) is 0 Å². The van der Waals surface area contributed by atoms with Crippen molar-refractivity contribution in [3.05, 3.63) is 166 Å². The van der Waals surface area contributed by atoms with Gasteiger partial charge in [-0.15, -0.1) is 15.3 Å². The molecule has 0 spiro atoms. The normalized spacial score (nSPS) is 11.9. The van der Waals surface area contributed by atoms with Crippen molar-refractivity contribution in [2.24, 2.45) is 25.4 Å². The number of anilines is 1. The number of hydrogen-bond donors (Lipinski definition) is 4. The molecule has 8 aromatic carbocycles. The van der Waals surface area contributed by atoms with Gasteiger partial charge >= 0.3 is 37.7 Å². The van der Waals surface area contributed by atoms with E-state index in [1.165, 1.54) is 50.6 Å². The van der Waals surface area contributed by atoms with Gasteiger partial charge in [-0.05, 0) is 95.7 Å². The predicted octanol–water partition coefficient (Wildman–Crippen LogP) is 11.5. The topological polar surface area (TPSA) is 284 Å². The summed E-state index contributed by atoms with van der Waals surface area (Å²) in [5.41, 5.74) is 0.510. The summed E-state index contributed by atoms with van der Waals surface area (Å²) in [6, 6.07) is 35.1. The standard InChI is InChI=1S/2C26H22ClN3O6S.Ca/c2*1-3-16-22(37(33,34)35)13-12-19(27)23(16)29-30-24-17-9-5-4-8-15(17)14-18(25(24)31)26(32)28-20-10-6-7-11-21(20)36-2;/h2*4-14,31H,3H2,1-2H3,(H,28,32)(H,33,34,35);/q;;+2/p-2. The third-order valence-electron chi connectivity index (χ3n) is 11.3. The van der Waals surface area contributed by atoms with Crippen molar-refractivity contribution in [1.29, 1.82) is 0 Å². The van der Waals surface area contributed by atoms with E-state index < -0.39 is 43.5 Å². The number of rotatable bonds is 14. The van der Waals surface area contributed by atoms with Gasteiger partial charge in [0.15, 0.2) is 5.75 Å². The molecule has 0 aliphatic rings. The van der Waals surface area contributed by atoms with Crippen LogP contribution in [-0.2, 0) is 33.1 Å². The van der Waals surface area contributed by atoms with Crippen LogP contribution in [0.25, 0.3) is 21.5 Å². The van der Waals surface area contributed by atoms with Gasteiger partial charge in [0.25, 0.3) is 26.1 Å². The molecule has 0 unspecified atom stereocenters. The fraction of sp³-hybridized carbons (Fsp3) is 0.115. The van der Waals surface area contributed by atoms with Gasteiger partial charge in [0.05, 0.1) is 51.0 Å². The summed E-state index contributed by atoms with van der Waals surface area (Å²) < 4.78 is 77.0. The Hall–Kier alpha value is -6.72. The quantitative estimate of drug-likeness (QED) is 0.0260. The fourth-order valence-corrected chi connectivity index (χ4v) is 9.76. The third kappa shape index (κ3) is 12.9. The number of hydrogen-bond acceptors (Lipinski definition) is 15. The first-order valence-corrected chi connectivity index (χ1v) is 25.7. The Morgan fingerprint density at radius 1 is 0.613 bits per heavy atom. The van der Waals surface area contributed by atoms with Gasteiger partial charge < -0.3 is 30.1 Å². The molecule has 8 aromatic rings. The molecular weight excluding hydrogens is 1080 g/mol. The first-order chi connectivity index (χ1) is 35.3. The molecular formula is C52H42CaCl2N6O12S2. The number of benzene rings is 8. The average molecular weight is 1120 g/mol. The largest absolute Gasteiger partial charge is 2.00 e. The second-order valence-corrected chi connectivity index (χ2v) is 19.3. The molecule has 0 saturated heterocycles. The molecule has 75 heavy (non-hydrogen) atoms. The molecule has 0 fully saturated rings. The van der Waals surface area contributed by atoms with Crippen molar-refractivity contribution in [3.63, 3.8) is 0 Å². The van der Waals surface area contributed by atoms with Crippen LogP contribution in [-0.4, -0.2) is 94.8 Å². The molecule has 0 saturated carbocycles. The molecule has 0 aromatic heterocycles. The monoisotopic (exact) mass is 1120 g/mol. The molecule has 0 radical (unpaired) electrons. The smallest absolute Gasteiger partial charge is 0.871 e. The Balaban J connectivity index is 0.000000241. The Morgan fingerprint density at radius 2 is 1.05 bits per heavy atom. The SMILES string of the molecule is CCc1c(S(=O)(=O)O)ccc(Cl)c1N=Nc1c(O)c(C(=O)Nc2ccccc2OC)cc2ccccc12.CCc1c(S(=O)(=O)O)ccc(Cl)c1N=Nc1c([O-])c(C([O-])=Nc2ccccc2OC)cc2ccccc12.[Ca+2]. The van der Waals surface area contributed by atoms with Gasteiger partial charge in [0, 0.05) is 21.9 Å². The number of ether oxygens (including phenoxy) is 2. The number of fused-ring (bicyclic) bond motifs is 2. The van der Waals surface area contributed by atoms with E-state index in [0.717, 1.165) is 0 Å². The molecule has 0 atom stereocenters. The molecule has 380 valence electrons. The van der Waals surface area contributed by atoms with Crippen molar-refractivity contribution < 1.29 is 55.5 Å². The minimum absolute atomic E-state index is 0. The summed E-state index contributed by atoms with van der Waals surface area (Å²) >= 11 is 12.6. The van der Waals surface area contributed by atoms with E-state index >= 15 is 0 Å². The third-order valence-corrected chi connectivity index (χ3v) is 13.7. The Bertz CT molecular complexity index is 3830. The van der Waals surface area contributed by atoms with E-state index in [-0.39, 0.29) is 121 Å². The van der Waals surface area contributed by atoms with Gasteiger partial charge in [-0.3, -0.25) is 18.9 Å². The number of methoxy groups -OCH3 is 2. The van der Waals surface area contributed by atoms with Gasteiger partial charge in [-0.2, -0.15) is 21.9 Å². The van der Waals surface area contributed by atoms with Crippen LogP contribution < -0.4 is 25.0 Å². The predicted molar refractivity (Wildman–Crippen MR) is 285 cm³/mol. The maximum Gasteiger partial charge on any atom is 2.00 e. The number of nitrogens with zero attached hydrogens (tertiary/aromatic N) is 5. The zero-order valence-corrected chi connectivity index (χ0v) is 45.5. The van der Waals surface area contributed by atoms with Crippen molar-refractivity contribution in [3.8, 4) is 23.0 Å². The maximum absolute atomic E-state index is 13.4. The summed E-state index contributed by atoms with van der Waals surface area (Å²) in [6.45, 7) is 3.33. The molecule has 0 aliphatic carbocycles. The Kier molecular flexibility index (Phi) is 19.0. The second-order valence-electron chi connectivity index (χ2n) is 15.7. The van der Waals surface area contributed by atoms with E-state index in [1.807, 2.05) is 0 Å². The number of phenols is 1. The van der Waals surface area contributed by atoms with Crippen molar-refractivity contribution in [1.82, 2.24) is 0 Å². The van der Waals surface area contributed by atoms with Gasteiger partial charge in [-0.25, -0.2) is 0 Å². The van der Waals surface area contributed by atoms with Gasteiger partial charge in [0.1, 0.15) is 34.2 Å². The number of para-hydroxylation sites is 4. The van der Waals surface area contributed by atoms with E-state index in [2.05, 4.69) is 30.8 Å². The van der Waals surface area contributed by atoms with Crippen molar-refractivity contribution >= 4 is 149 Å². The average Bonchev–Trinajstić information content (AvgIpc) is 3.37. The molecule has 0 aliphatic heterocycles. The number of carbonyl (C=O) groups excluding carboxylic acids is 1. The number of azo groups is 2. The summed E-state index contributed by atoms with van der Waals surface area (Å²) in [4.78, 5) is 16.5. The molecule has 23 heteroatoms. The van der Waals surface area contributed by atoms with Crippen LogP contribution in [0, 0.1) is 0 Å². The first-order valence-electron chi connectivity index (χ1n) is 22.0. The van der Waals surface area contributed by atoms with E-state index in [0.29, 0.717) is 38.7 Å². The van der Waals surface area contributed by atoms with Crippen LogP contribution in [0.1, 0.15) is 40.9 Å². The molecule has 0 bridgehead atoms. The zero-order valence-electron chi connectivity index (χ0n) is 40.1. The fourth-order valence-electron chi connectivity index (χ4n) is 7.75. The van der Waals surface area contributed by atoms with Gasteiger partial charge in [-0.1, -0.05) is 116 Å². The van der Waals surface area contributed by atoms with Crippen molar-refractivity contribution in [2.45, 2.75) is 36.5 Å². The summed E-state index contributed by atoms with van der Waals surface area (Å²) in [7, 11) is -6.17. The maximum atomic E-state index is 13.4. The molecule has 0 heterocycles. The van der Waals surface area contributed by atoms with Crippen LogP contribution in [0.2, 0.25) is 10.0 Å². The molecule has 1 amide bonds.